The minimum absolute atomic E-state index is 0.117. The van der Waals surface area contributed by atoms with E-state index in [1.165, 1.54) is 6.20 Å². The lowest BCUT2D eigenvalue weighted by Crippen LogP contribution is -2.39. The van der Waals surface area contributed by atoms with Gasteiger partial charge in [-0.2, -0.15) is 0 Å². The summed E-state index contributed by atoms with van der Waals surface area (Å²) in [4.78, 5) is 24.5. The standard InChI is InChI=1S/C10H12N2O6/c13-4-9-3-10(9,17)6(15)7(18-9)12-2-1-5(14)11-8(12)16/h1-2,6-7,13,15,17H,3-4H2,(H,11,14,16)/t6-,7-,9-,10+/m1/s1. The fourth-order valence-corrected chi connectivity index (χ4v) is 2.51. The molecule has 18 heavy (non-hydrogen) atoms. The monoisotopic (exact) mass is 256 g/mol. The van der Waals surface area contributed by atoms with Crippen LogP contribution in [0.2, 0.25) is 0 Å². The maximum Gasteiger partial charge on any atom is 0.330 e. The molecule has 4 N–H and O–H groups in total. The highest BCUT2D eigenvalue weighted by Crippen LogP contribution is 2.61. The van der Waals surface area contributed by atoms with Gasteiger partial charge < -0.3 is 20.1 Å². The van der Waals surface area contributed by atoms with Gasteiger partial charge in [0.2, 0.25) is 0 Å². The second-order valence-electron chi connectivity index (χ2n) is 4.72. The number of ether oxygens (including phenoxy) is 1. The van der Waals surface area contributed by atoms with Crippen molar-refractivity contribution in [3.8, 4) is 0 Å². The van der Waals surface area contributed by atoms with Crippen molar-refractivity contribution in [1.82, 2.24) is 9.55 Å². The van der Waals surface area contributed by atoms with Gasteiger partial charge in [-0.1, -0.05) is 0 Å². The Kier molecular flexibility index (Phi) is 2.12. The van der Waals surface area contributed by atoms with Crippen molar-refractivity contribution in [3.05, 3.63) is 33.1 Å². The Hall–Kier alpha value is -1.48. The summed E-state index contributed by atoms with van der Waals surface area (Å²) in [5, 5.41) is 29.2. The summed E-state index contributed by atoms with van der Waals surface area (Å²) in [5.74, 6) is 0. The van der Waals surface area contributed by atoms with Crippen molar-refractivity contribution >= 4 is 0 Å². The molecule has 1 saturated heterocycles. The molecule has 2 fully saturated rings. The number of aliphatic hydroxyl groups excluding tert-OH is 2. The summed E-state index contributed by atoms with van der Waals surface area (Å²) in [6, 6.07) is 1.11. The third kappa shape index (κ3) is 1.23. The second-order valence-corrected chi connectivity index (χ2v) is 4.72. The summed E-state index contributed by atoms with van der Waals surface area (Å²) >= 11 is 0. The highest BCUT2D eigenvalue weighted by molar-refractivity contribution is 5.27. The van der Waals surface area contributed by atoms with E-state index < -0.39 is 41.4 Å². The summed E-state index contributed by atoms with van der Waals surface area (Å²) in [7, 11) is 0. The highest BCUT2D eigenvalue weighted by Gasteiger charge is 2.79. The van der Waals surface area contributed by atoms with Crippen LogP contribution < -0.4 is 11.2 Å². The van der Waals surface area contributed by atoms with Crippen LogP contribution in [0.15, 0.2) is 21.9 Å². The van der Waals surface area contributed by atoms with E-state index in [0.717, 1.165) is 10.6 Å². The van der Waals surface area contributed by atoms with Crippen LogP contribution >= 0.6 is 0 Å². The van der Waals surface area contributed by atoms with Gasteiger partial charge in [0, 0.05) is 18.7 Å². The normalized spacial score (nSPS) is 41.7. The van der Waals surface area contributed by atoms with Crippen LogP contribution in [0.1, 0.15) is 12.6 Å². The second kappa shape index (κ2) is 3.29. The number of fused-ring (bicyclic) bond motifs is 1. The molecule has 1 aromatic heterocycles. The molecule has 8 nitrogen and oxygen atoms in total. The lowest BCUT2D eigenvalue weighted by atomic mass is 10.1. The molecule has 1 aliphatic heterocycles. The first kappa shape index (κ1) is 11.6. The average molecular weight is 256 g/mol. The molecule has 0 amide bonds. The molecule has 98 valence electrons. The first-order chi connectivity index (χ1) is 8.43. The van der Waals surface area contributed by atoms with Crippen LogP contribution in [-0.2, 0) is 4.74 Å². The molecule has 8 heteroatoms. The van der Waals surface area contributed by atoms with Crippen LogP contribution in [0, 0.1) is 0 Å². The molecule has 0 bridgehead atoms. The van der Waals surface area contributed by atoms with Crippen LogP contribution in [0.3, 0.4) is 0 Å². The Morgan fingerprint density at radius 3 is 2.83 bits per heavy atom. The molecule has 0 unspecified atom stereocenters. The zero-order valence-electron chi connectivity index (χ0n) is 9.24. The van der Waals surface area contributed by atoms with Crippen LogP contribution in [0.25, 0.3) is 0 Å². The highest BCUT2D eigenvalue weighted by atomic mass is 16.6. The number of nitrogens with one attached hydrogen (secondary N) is 1. The van der Waals surface area contributed by atoms with E-state index in [0.29, 0.717) is 0 Å². The predicted molar refractivity (Wildman–Crippen MR) is 56.8 cm³/mol. The quantitative estimate of drug-likeness (QED) is 0.456. The Morgan fingerprint density at radius 2 is 2.28 bits per heavy atom. The van der Waals surface area contributed by atoms with E-state index >= 15 is 0 Å². The molecule has 1 aliphatic carbocycles. The summed E-state index contributed by atoms with van der Waals surface area (Å²) in [6.07, 6.45) is -1.17. The molecule has 2 heterocycles. The van der Waals surface area contributed by atoms with Crippen LogP contribution in [0.5, 0.6) is 0 Å². The van der Waals surface area contributed by atoms with Crippen molar-refractivity contribution in [2.45, 2.75) is 30.0 Å². The van der Waals surface area contributed by atoms with Gasteiger partial charge in [-0.25, -0.2) is 4.79 Å². The molecule has 0 radical (unpaired) electrons. The van der Waals surface area contributed by atoms with Gasteiger partial charge >= 0.3 is 5.69 Å². The van der Waals surface area contributed by atoms with E-state index in [1.807, 2.05) is 4.98 Å². The van der Waals surface area contributed by atoms with Gasteiger partial charge in [0.1, 0.15) is 17.3 Å². The largest absolute Gasteiger partial charge is 0.393 e. The first-order valence-electron chi connectivity index (χ1n) is 5.44. The van der Waals surface area contributed by atoms with Gasteiger partial charge in [0.05, 0.1) is 6.61 Å². The van der Waals surface area contributed by atoms with E-state index in [4.69, 9.17) is 4.74 Å². The Bertz CT molecular complexity index is 607. The van der Waals surface area contributed by atoms with Crippen LogP contribution in [-0.4, -0.2) is 48.8 Å². The molecule has 2 aliphatic rings. The predicted octanol–water partition coefficient (Wildman–Crippen LogP) is -2.71. The average Bonchev–Trinajstić information content (AvgIpc) is 2.87. The number of hydrogen-bond donors (Lipinski definition) is 4. The molecule has 0 aromatic carbocycles. The maximum absolute atomic E-state index is 11.6. The number of aromatic amines is 1. The zero-order chi connectivity index (χ0) is 13.1. The van der Waals surface area contributed by atoms with Crippen molar-refractivity contribution < 1.29 is 20.1 Å². The molecular formula is C10H12N2O6. The third-order valence-corrected chi connectivity index (χ3v) is 3.71. The minimum Gasteiger partial charge on any atom is -0.393 e. The van der Waals surface area contributed by atoms with Crippen molar-refractivity contribution in [1.29, 1.82) is 0 Å². The van der Waals surface area contributed by atoms with Gasteiger partial charge in [-0.15, -0.1) is 0 Å². The maximum atomic E-state index is 11.6. The number of aliphatic hydroxyl groups is 3. The van der Waals surface area contributed by atoms with E-state index in [1.54, 1.807) is 0 Å². The first-order valence-corrected chi connectivity index (χ1v) is 5.44. The Labute approximate surface area is 100 Å². The minimum atomic E-state index is -1.54. The van der Waals surface area contributed by atoms with Crippen molar-refractivity contribution in [2.24, 2.45) is 0 Å². The summed E-state index contributed by atoms with van der Waals surface area (Å²) in [5.41, 5.74) is -4.07. The van der Waals surface area contributed by atoms with Gasteiger partial charge in [-0.3, -0.25) is 14.3 Å². The topological polar surface area (TPSA) is 125 Å². The molecule has 4 atom stereocenters. The fraction of sp³-hybridized carbons (Fsp3) is 0.600. The van der Waals surface area contributed by atoms with Crippen molar-refractivity contribution in [2.75, 3.05) is 6.61 Å². The molecule has 1 saturated carbocycles. The van der Waals surface area contributed by atoms with E-state index in [-0.39, 0.29) is 6.42 Å². The lowest BCUT2D eigenvalue weighted by molar-refractivity contribution is -0.0940. The van der Waals surface area contributed by atoms with E-state index in [9.17, 15) is 24.9 Å². The number of rotatable bonds is 2. The molecule has 3 rings (SSSR count). The summed E-state index contributed by atoms with van der Waals surface area (Å²) < 4.78 is 6.36. The smallest absolute Gasteiger partial charge is 0.330 e. The Balaban J connectivity index is 2.01. The molecule has 0 spiro atoms. The zero-order valence-corrected chi connectivity index (χ0v) is 9.24. The van der Waals surface area contributed by atoms with Crippen molar-refractivity contribution in [3.63, 3.8) is 0 Å². The molecule has 1 aromatic rings. The lowest BCUT2D eigenvalue weighted by Gasteiger charge is -2.21. The van der Waals surface area contributed by atoms with E-state index in [2.05, 4.69) is 0 Å². The fourth-order valence-electron chi connectivity index (χ4n) is 2.51. The number of nitrogens with zero attached hydrogens (tertiary/aromatic N) is 1. The van der Waals surface area contributed by atoms with Gasteiger partial charge in [0.15, 0.2) is 6.23 Å². The number of aromatic nitrogens is 2. The van der Waals surface area contributed by atoms with Gasteiger partial charge in [0.25, 0.3) is 5.56 Å². The summed E-state index contributed by atoms with van der Waals surface area (Å²) in [6.45, 7) is -0.449. The number of hydrogen-bond acceptors (Lipinski definition) is 6. The van der Waals surface area contributed by atoms with Crippen LogP contribution in [0.4, 0.5) is 0 Å². The van der Waals surface area contributed by atoms with Gasteiger partial charge in [-0.05, 0) is 0 Å². The number of H-pyrrole nitrogens is 1. The third-order valence-electron chi connectivity index (χ3n) is 3.71. The SMILES string of the molecule is O=c1ccn([C@@H]2O[C@@]3(CO)C[C@]3(O)[C@@H]2O)c(=O)[nH]1. The Morgan fingerprint density at radius 1 is 1.56 bits per heavy atom. The molecular weight excluding hydrogens is 244 g/mol.